The number of rotatable bonds is 6. The van der Waals surface area contributed by atoms with Crippen LogP contribution in [0.3, 0.4) is 0 Å². The number of carbonyl (C=O) groups excluding carboxylic acids is 1. The molecule has 1 atom stereocenters. The van der Waals surface area contributed by atoms with Gasteiger partial charge in [0.2, 0.25) is 5.91 Å². The molecule has 0 fully saturated rings. The van der Waals surface area contributed by atoms with Crippen molar-refractivity contribution in [3.05, 3.63) is 18.2 Å². The highest BCUT2D eigenvalue weighted by atomic mass is 16.1. The quantitative estimate of drug-likeness (QED) is 0.754. The number of aromatic nitrogens is 2. The van der Waals surface area contributed by atoms with Gasteiger partial charge >= 0.3 is 0 Å². The third kappa shape index (κ3) is 3.73. The molecule has 4 nitrogen and oxygen atoms in total. The van der Waals surface area contributed by atoms with Crippen molar-refractivity contribution >= 4 is 5.91 Å². The van der Waals surface area contributed by atoms with E-state index in [4.69, 9.17) is 0 Å². The molecule has 0 radical (unpaired) electrons. The van der Waals surface area contributed by atoms with E-state index in [1.54, 1.807) is 12.4 Å². The van der Waals surface area contributed by atoms with Gasteiger partial charge in [0, 0.05) is 18.8 Å². The minimum Gasteiger partial charge on any atom is -0.347 e. The molecular formula is C11H19N3O. The van der Waals surface area contributed by atoms with Crippen LogP contribution in [0.15, 0.2) is 12.4 Å². The molecular weight excluding hydrogens is 190 g/mol. The molecule has 0 spiro atoms. The van der Waals surface area contributed by atoms with Crippen LogP contribution in [0.1, 0.15) is 51.4 Å². The fraction of sp³-hybridized carbons (Fsp3) is 0.636. The lowest BCUT2D eigenvalue weighted by atomic mass is 10.2. The number of hydrogen-bond acceptors (Lipinski definition) is 2. The molecule has 2 N–H and O–H groups in total. The summed E-state index contributed by atoms with van der Waals surface area (Å²) in [5.74, 6) is 0.947. The van der Waals surface area contributed by atoms with Crippen molar-refractivity contribution in [1.82, 2.24) is 15.3 Å². The lowest BCUT2D eigenvalue weighted by Gasteiger charge is -2.14. The van der Waals surface area contributed by atoms with E-state index in [2.05, 4.69) is 22.2 Å². The Labute approximate surface area is 90.5 Å². The first kappa shape index (κ1) is 11.8. The average Bonchev–Trinajstić information content (AvgIpc) is 2.76. The zero-order valence-electron chi connectivity index (χ0n) is 9.42. The van der Waals surface area contributed by atoms with Crippen LogP contribution in [-0.2, 0) is 4.79 Å². The highest BCUT2D eigenvalue weighted by Gasteiger charge is 2.13. The molecule has 15 heavy (non-hydrogen) atoms. The summed E-state index contributed by atoms with van der Waals surface area (Å²) in [6, 6.07) is 0.0179. The predicted octanol–water partition coefficient (Wildman–Crippen LogP) is 2.17. The van der Waals surface area contributed by atoms with Gasteiger partial charge in [0.15, 0.2) is 0 Å². The van der Waals surface area contributed by atoms with E-state index in [0.29, 0.717) is 6.42 Å². The van der Waals surface area contributed by atoms with Gasteiger partial charge < -0.3 is 10.3 Å². The molecule has 1 rings (SSSR count). The smallest absolute Gasteiger partial charge is 0.220 e. The molecule has 0 aromatic carbocycles. The van der Waals surface area contributed by atoms with Crippen molar-refractivity contribution in [3.63, 3.8) is 0 Å². The van der Waals surface area contributed by atoms with E-state index in [-0.39, 0.29) is 11.9 Å². The van der Waals surface area contributed by atoms with E-state index in [9.17, 15) is 4.79 Å². The van der Waals surface area contributed by atoms with Gasteiger partial charge in [-0.25, -0.2) is 4.98 Å². The molecule has 0 aliphatic carbocycles. The first-order valence-electron chi connectivity index (χ1n) is 5.56. The topological polar surface area (TPSA) is 57.8 Å². The van der Waals surface area contributed by atoms with E-state index in [0.717, 1.165) is 25.1 Å². The highest BCUT2D eigenvalue weighted by Crippen LogP contribution is 2.11. The van der Waals surface area contributed by atoms with Gasteiger partial charge in [-0.3, -0.25) is 4.79 Å². The zero-order valence-corrected chi connectivity index (χ0v) is 9.42. The number of nitrogens with one attached hydrogen (secondary N) is 2. The number of unbranched alkanes of at least 4 members (excludes halogenated alkanes) is 1. The van der Waals surface area contributed by atoms with Crippen molar-refractivity contribution in [1.29, 1.82) is 0 Å². The lowest BCUT2D eigenvalue weighted by Crippen LogP contribution is -2.28. The zero-order chi connectivity index (χ0) is 11.1. The van der Waals surface area contributed by atoms with Crippen molar-refractivity contribution in [3.8, 4) is 0 Å². The number of nitrogens with zero attached hydrogens (tertiary/aromatic N) is 1. The Morgan fingerprint density at radius 3 is 2.93 bits per heavy atom. The predicted molar refractivity (Wildman–Crippen MR) is 59.3 cm³/mol. The minimum atomic E-state index is 0.0179. The Hall–Kier alpha value is -1.32. The summed E-state index contributed by atoms with van der Waals surface area (Å²) >= 11 is 0. The molecule has 4 heteroatoms. The molecule has 1 unspecified atom stereocenters. The van der Waals surface area contributed by atoms with Crippen molar-refractivity contribution in [2.75, 3.05) is 0 Å². The average molecular weight is 209 g/mol. The largest absolute Gasteiger partial charge is 0.347 e. The molecule has 1 aromatic rings. The van der Waals surface area contributed by atoms with E-state index >= 15 is 0 Å². The summed E-state index contributed by atoms with van der Waals surface area (Å²) in [7, 11) is 0. The maximum Gasteiger partial charge on any atom is 0.220 e. The van der Waals surface area contributed by atoms with Gasteiger partial charge in [-0.15, -0.1) is 0 Å². The third-order valence-electron chi connectivity index (χ3n) is 2.35. The van der Waals surface area contributed by atoms with Crippen LogP contribution in [0.5, 0.6) is 0 Å². The molecule has 0 saturated carbocycles. The summed E-state index contributed by atoms with van der Waals surface area (Å²) in [6.07, 6.45) is 6.93. The number of carbonyl (C=O) groups is 1. The molecule has 0 aliphatic heterocycles. The molecule has 1 heterocycles. The maximum absolute atomic E-state index is 11.5. The highest BCUT2D eigenvalue weighted by molar-refractivity contribution is 5.76. The van der Waals surface area contributed by atoms with Crippen LogP contribution >= 0.6 is 0 Å². The molecule has 1 aromatic heterocycles. The summed E-state index contributed by atoms with van der Waals surface area (Å²) in [6.45, 7) is 4.12. The third-order valence-corrected chi connectivity index (χ3v) is 2.35. The normalized spacial score (nSPS) is 12.4. The van der Waals surface area contributed by atoms with Gasteiger partial charge in [0.1, 0.15) is 5.82 Å². The SMILES string of the molecule is CCCCC(=O)NC(CC)c1ncc[nH]1. The number of H-pyrrole nitrogens is 1. The van der Waals surface area contributed by atoms with Crippen molar-refractivity contribution in [2.24, 2.45) is 0 Å². The van der Waals surface area contributed by atoms with Crippen molar-refractivity contribution < 1.29 is 4.79 Å². The van der Waals surface area contributed by atoms with Crippen LogP contribution in [0.25, 0.3) is 0 Å². The van der Waals surface area contributed by atoms with Gasteiger partial charge in [-0.05, 0) is 12.8 Å². The Bertz CT molecular complexity index is 282. The van der Waals surface area contributed by atoms with E-state index < -0.39 is 0 Å². The Morgan fingerprint density at radius 1 is 1.60 bits per heavy atom. The fourth-order valence-electron chi connectivity index (χ4n) is 1.44. The number of imidazole rings is 1. The standard InChI is InChI=1S/C11H19N3O/c1-3-5-6-10(15)14-9(4-2)11-12-7-8-13-11/h7-9H,3-6H2,1-2H3,(H,12,13)(H,14,15). The second kappa shape index (κ2) is 6.22. The van der Waals surface area contributed by atoms with Gasteiger partial charge in [-0.2, -0.15) is 0 Å². The first-order valence-corrected chi connectivity index (χ1v) is 5.56. The van der Waals surface area contributed by atoms with Crippen LogP contribution < -0.4 is 5.32 Å². The van der Waals surface area contributed by atoms with Crippen molar-refractivity contribution in [2.45, 2.75) is 45.6 Å². The fourth-order valence-corrected chi connectivity index (χ4v) is 1.44. The number of amides is 1. The van der Waals surface area contributed by atoms with Gasteiger partial charge in [-0.1, -0.05) is 20.3 Å². The second-order valence-electron chi connectivity index (χ2n) is 3.61. The molecule has 0 saturated heterocycles. The number of aromatic amines is 1. The van der Waals surface area contributed by atoms with Crippen LogP contribution in [0.4, 0.5) is 0 Å². The Balaban J connectivity index is 2.44. The van der Waals surface area contributed by atoms with Crippen LogP contribution in [0.2, 0.25) is 0 Å². The minimum absolute atomic E-state index is 0.0179. The van der Waals surface area contributed by atoms with Gasteiger partial charge in [0.25, 0.3) is 0 Å². The molecule has 0 aliphatic rings. The Kier molecular flexibility index (Phi) is 4.87. The molecule has 1 amide bonds. The summed E-state index contributed by atoms with van der Waals surface area (Å²) in [5, 5.41) is 2.97. The lowest BCUT2D eigenvalue weighted by molar-refractivity contribution is -0.122. The maximum atomic E-state index is 11.5. The number of hydrogen-bond donors (Lipinski definition) is 2. The Morgan fingerprint density at radius 2 is 2.40 bits per heavy atom. The molecule has 0 bridgehead atoms. The van der Waals surface area contributed by atoms with Crippen LogP contribution in [-0.4, -0.2) is 15.9 Å². The van der Waals surface area contributed by atoms with Gasteiger partial charge in [0.05, 0.1) is 6.04 Å². The molecule has 84 valence electrons. The van der Waals surface area contributed by atoms with E-state index in [1.165, 1.54) is 0 Å². The monoisotopic (exact) mass is 209 g/mol. The second-order valence-corrected chi connectivity index (χ2v) is 3.61. The van der Waals surface area contributed by atoms with Crippen LogP contribution in [0, 0.1) is 0 Å². The summed E-state index contributed by atoms with van der Waals surface area (Å²) < 4.78 is 0. The summed E-state index contributed by atoms with van der Waals surface area (Å²) in [5.41, 5.74) is 0. The summed E-state index contributed by atoms with van der Waals surface area (Å²) in [4.78, 5) is 18.7. The first-order chi connectivity index (χ1) is 7.27. The van der Waals surface area contributed by atoms with E-state index in [1.807, 2.05) is 6.92 Å².